The molecule has 0 amide bonds. The summed E-state index contributed by atoms with van der Waals surface area (Å²) in [6.07, 6.45) is 6.57. The number of β-amino-alcohol motifs (C(OH)–C–C–N with tert-alkyl or cyclic N) is 1. The number of aliphatic hydroxyl groups excluding tert-OH is 1. The molecule has 1 aliphatic rings. The number of hydrogen-bond donors (Lipinski definition) is 2. The zero-order chi connectivity index (χ0) is 16.4. The van der Waals surface area contributed by atoms with Crippen LogP contribution in [0.3, 0.4) is 0 Å². The van der Waals surface area contributed by atoms with E-state index in [1.807, 2.05) is 0 Å². The highest BCUT2D eigenvalue weighted by Crippen LogP contribution is 2.15. The Kier molecular flexibility index (Phi) is 9.51. The second-order valence-corrected chi connectivity index (χ2v) is 7.70. The van der Waals surface area contributed by atoms with E-state index in [0.717, 1.165) is 45.4 Å². The number of aliphatic hydroxyl groups is 1. The third kappa shape index (κ3) is 8.43. The summed E-state index contributed by atoms with van der Waals surface area (Å²) in [6, 6.07) is -0.0899. The lowest BCUT2D eigenvalue weighted by Gasteiger charge is -2.38. The Hall–Kier alpha value is -0.210. The van der Waals surface area contributed by atoms with Crippen molar-refractivity contribution >= 4 is 10.1 Å². The minimum absolute atomic E-state index is 0.0899. The molecule has 0 aromatic rings. The summed E-state index contributed by atoms with van der Waals surface area (Å²) in [7, 11) is -3.94. The Balaban J connectivity index is 2.44. The minimum atomic E-state index is -3.94. The monoisotopic (exact) mass is 336 g/mol. The summed E-state index contributed by atoms with van der Waals surface area (Å²) in [5.41, 5.74) is 0. The van der Waals surface area contributed by atoms with Gasteiger partial charge in [-0.05, 0) is 6.42 Å². The predicted octanol–water partition coefficient (Wildman–Crippen LogP) is 1.21. The van der Waals surface area contributed by atoms with Crippen LogP contribution >= 0.6 is 0 Å². The fourth-order valence-electron chi connectivity index (χ4n) is 3.09. The van der Waals surface area contributed by atoms with Gasteiger partial charge in [-0.1, -0.05) is 39.0 Å². The average molecular weight is 336 g/mol. The molecule has 0 bridgehead atoms. The van der Waals surface area contributed by atoms with Crippen molar-refractivity contribution in [2.75, 3.05) is 45.1 Å². The highest BCUT2D eigenvalue weighted by atomic mass is 32.2. The lowest BCUT2D eigenvalue weighted by atomic mass is 10.1. The van der Waals surface area contributed by atoms with Crippen molar-refractivity contribution in [2.24, 2.45) is 0 Å². The summed E-state index contributed by atoms with van der Waals surface area (Å²) in [6.45, 7) is 6.30. The van der Waals surface area contributed by atoms with Crippen molar-refractivity contribution in [3.05, 3.63) is 0 Å². The number of rotatable bonds is 11. The Morgan fingerprint density at radius 1 is 1.05 bits per heavy atom. The normalized spacial score (nSPS) is 19.4. The molecule has 1 rings (SSSR count). The van der Waals surface area contributed by atoms with Crippen LogP contribution in [0, 0.1) is 0 Å². The van der Waals surface area contributed by atoms with Crippen LogP contribution < -0.4 is 0 Å². The maximum atomic E-state index is 11.3. The molecule has 6 nitrogen and oxygen atoms in total. The van der Waals surface area contributed by atoms with Crippen LogP contribution in [0.2, 0.25) is 0 Å². The molecule has 0 radical (unpaired) electrons. The van der Waals surface area contributed by atoms with Crippen LogP contribution in [-0.2, 0) is 10.1 Å². The zero-order valence-electron chi connectivity index (χ0n) is 13.8. The second kappa shape index (κ2) is 10.5. The molecule has 0 spiro atoms. The van der Waals surface area contributed by atoms with Crippen molar-refractivity contribution in [2.45, 2.75) is 51.5 Å². The van der Waals surface area contributed by atoms with Gasteiger partial charge >= 0.3 is 0 Å². The van der Waals surface area contributed by atoms with Crippen LogP contribution in [0.4, 0.5) is 0 Å². The lowest BCUT2D eigenvalue weighted by molar-refractivity contribution is 0.0856. The molecule has 1 aliphatic heterocycles. The molecule has 0 aliphatic carbocycles. The molecule has 1 saturated heterocycles. The number of unbranched alkanes of at least 4 members (excludes halogenated alkanes) is 4. The zero-order valence-corrected chi connectivity index (χ0v) is 14.6. The van der Waals surface area contributed by atoms with E-state index >= 15 is 0 Å². The molecule has 0 aromatic heterocycles. The Labute approximate surface area is 135 Å². The molecule has 0 saturated carbocycles. The van der Waals surface area contributed by atoms with Crippen LogP contribution in [0.1, 0.15) is 45.4 Å². The SMILES string of the molecule is CCCCCCCC(CS(=O)(=O)O)N1CCN(CCO)CC1. The van der Waals surface area contributed by atoms with Gasteiger partial charge in [-0.3, -0.25) is 14.4 Å². The molecule has 0 aromatic carbocycles. The highest BCUT2D eigenvalue weighted by Gasteiger charge is 2.26. The minimum Gasteiger partial charge on any atom is -0.395 e. The number of hydrogen-bond acceptors (Lipinski definition) is 5. The van der Waals surface area contributed by atoms with Crippen molar-refractivity contribution in [3.8, 4) is 0 Å². The fraction of sp³-hybridized carbons (Fsp3) is 1.00. The summed E-state index contributed by atoms with van der Waals surface area (Å²) < 4.78 is 31.7. The maximum Gasteiger partial charge on any atom is 0.266 e. The molecule has 22 heavy (non-hydrogen) atoms. The molecule has 1 fully saturated rings. The number of piperazine rings is 1. The first-order valence-electron chi connectivity index (χ1n) is 8.48. The van der Waals surface area contributed by atoms with Gasteiger partial charge in [-0.15, -0.1) is 0 Å². The molecular formula is C15H32N2O4S. The van der Waals surface area contributed by atoms with Gasteiger partial charge in [0.2, 0.25) is 0 Å². The van der Waals surface area contributed by atoms with E-state index in [0.29, 0.717) is 6.54 Å². The van der Waals surface area contributed by atoms with Gasteiger partial charge in [-0.25, -0.2) is 0 Å². The summed E-state index contributed by atoms with van der Waals surface area (Å²) in [4.78, 5) is 4.36. The van der Waals surface area contributed by atoms with E-state index in [-0.39, 0.29) is 18.4 Å². The third-order valence-corrected chi connectivity index (χ3v) is 5.19. The Bertz CT molecular complexity index is 381. The Morgan fingerprint density at radius 2 is 1.68 bits per heavy atom. The van der Waals surface area contributed by atoms with Crippen molar-refractivity contribution < 1.29 is 18.1 Å². The largest absolute Gasteiger partial charge is 0.395 e. The van der Waals surface area contributed by atoms with Gasteiger partial charge in [0.1, 0.15) is 0 Å². The van der Waals surface area contributed by atoms with Gasteiger partial charge < -0.3 is 5.11 Å². The molecule has 1 unspecified atom stereocenters. The first-order chi connectivity index (χ1) is 10.5. The topological polar surface area (TPSA) is 81.1 Å². The molecule has 7 heteroatoms. The molecule has 132 valence electrons. The first kappa shape index (κ1) is 19.8. The maximum absolute atomic E-state index is 11.3. The predicted molar refractivity (Wildman–Crippen MR) is 88.7 cm³/mol. The van der Waals surface area contributed by atoms with Crippen LogP contribution in [0.5, 0.6) is 0 Å². The molecule has 1 heterocycles. The van der Waals surface area contributed by atoms with Crippen LogP contribution in [-0.4, -0.2) is 79.0 Å². The summed E-state index contributed by atoms with van der Waals surface area (Å²) in [5.74, 6) is -0.166. The van der Waals surface area contributed by atoms with E-state index < -0.39 is 10.1 Å². The standard InChI is InChI=1S/C15H32N2O4S/c1-2-3-4-5-6-7-15(14-22(19,20)21)17-10-8-16(9-11-17)12-13-18/h15,18H,2-14H2,1H3,(H,19,20,21). The van der Waals surface area contributed by atoms with Crippen molar-refractivity contribution in [1.29, 1.82) is 0 Å². The first-order valence-corrected chi connectivity index (χ1v) is 10.1. The quantitative estimate of drug-likeness (QED) is 0.436. The van der Waals surface area contributed by atoms with Gasteiger partial charge in [0.15, 0.2) is 0 Å². The van der Waals surface area contributed by atoms with Gasteiger partial charge in [0, 0.05) is 38.8 Å². The third-order valence-electron chi connectivity index (χ3n) is 4.38. The van der Waals surface area contributed by atoms with Gasteiger partial charge in [0.25, 0.3) is 10.1 Å². The van der Waals surface area contributed by atoms with Crippen LogP contribution in [0.25, 0.3) is 0 Å². The number of nitrogens with zero attached hydrogens (tertiary/aromatic N) is 2. The molecule has 2 N–H and O–H groups in total. The summed E-state index contributed by atoms with van der Waals surface area (Å²) in [5, 5.41) is 8.97. The smallest absolute Gasteiger partial charge is 0.266 e. The van der Waals surface area contributed by atoms with Gasteiger partial charge in [0.05, 0.1) is 12.4 Å². The second-order valence-electron chi connectivity index (χ2n) is 6.21. The van der Waals surface area contributed by atoms with E-state index in [1.165, 1.54) is 19.3 Å². The lowest BCUT2D eigenvalue weighted by Crippen LogP contribution is -2.52. The van der Waals surface area contributed by atoms with E-state index in [4.69, 9.17) is 5.11 Å². The Morgan fingerprint density at radius 3 is 2.23 bits per heavy atom. The van der Waals surface area contributed by atoms with Gasteiger partial charge in [-0.2, -0.15) is 8.42 Å². The van der Waals surface area contributed by atoms with Crippen molar-refractivity contribution in [3.63, 3.8) is 0 Å². The van der Waals surface area contributed by atoms with Crippen molar-refractivity contribution in [1.82, 2.24) is 9.80 Å². The van der Waals surface area contributed by atoms with E-state index in [9.17, 15) is 13.0 Å². The highest BCUT2D eigenvalue weighted by molar-refractivity contribution is 7.85. The van der Waals surface area contributed by atoms with E-state index in [1.54, 1.807) is 0 Å². The fourth-order valence-corrected chi connectivity index (χ4v) is 3.96. The summed E-state index contributed by atoms with van der Waals surface area (Å²) >= 11 is 0. The van der Waals surface area contributed by atoms with E-state index in [2.05, 4.69) is 16.7 Å². The molecule has 1 atom stereocenters. The average Bonchev–Trinajstić information content (AvgIpc) is 2.46. The van der Waals surface area contributed by atoms with Crippen LogP contribution in [0.15, 0.2) is 0 Å². The molecular weight excluding hydrogens is 304 g/mol.